The van der Waals surface area contributed by atoms with E-state index in [1.165, 1.54) is 16.9 Å². The zero-order chi connectivity index (χ0) is 22.0. The molecule has 0 aliphatic carbocycles. The second-order valence-corrected chi connectivity index (χ2v) is 8.29. The van der Waals surface area contributed by atoms with Crippen LogP contribution in [0.15, 0.2) is 53.1 Å². The minimum absolute atomic E-state index is 0.0552. The van der Waals surface area contributed by atoms with Crippen molar-refractivity contribution < 1.29 is 18.7 Å². The molecule has 0 radical (unpaired) electrons. The number of carbonyl (C=O) groups is 1. The van der Waals surface area contributed by atoms with E-state index in [9.17, 15) is 4.79 Å². The molecule has 0 atom stereocenters. The lowest BCUT2D eigenvalue weighted by Gasteiger charge is -2.19. The van der Waals surface area contributed by atoms with Gasteiger partial charge in [0.25, 0.3) is 0 Å². The number of anilines is 1. The molecule has 4 aromatic rings. The lowest BCUT2D eigenvalue weighted by Crippen LogP contribution is -2.31. The SMILES string of the molecule is COc1ccc(OC)c2sc(N(Cc3ccco3)C(=O)Cc3ccc(C)cc3C)nc12. The fourth-order valence-corrected chi connectivity index (χ4v) is 4.60. The van der Waals surface area contributed by atoms with Crippen molar-refractivity contribution in [2.24, 2.45) is 0 Å². The molecule has 0 fully saturated rings. The number of aryl methyl sites for hydroxylation is 2. The van der Waals surface area contributed by atoms with Crippen LogP contribution in [-0.2, 0) is 17.8 Å². The summed E-state index contributed by atoms with van der Waals surface area (Å²) in [6.45, 7) is 4.37. The molecule has 2 heterocycles. The Bertz CT molecular complexity index is 1170. The van der Waals surface area contributed by atoms with Gasteiger partial charge in [0.05, 0.1) is 33.4 Å². The van der Waals surface area contributed by atoms with Gasteiger partial charge in [0.1, 0.15) is 27.5 Å². The van der Waals surface area contributed by atoms with Crippen LogP contribution in [-0.4, -0.2) is 25.1 Å². The zero-order valence-electron chi connectivity index (χ0n) is 18.0. The first kappa shape index (κ1) is 20.9. The van der Waals surface area contributed by atoms with E-state index in [4.69, 9.17) is 18.9 Å². The number of amides is 1. The predicted octanol–water partition coefficient (Wildman–Crippen LogP) is 5.30. The third kappa shape index (κ3) is 4.27. The highest BCUT2D eigenvalue weighted by atomic mass is 32.1. The number of methoxy groups -OCH3 is 2. The average molecular weight is 437 g/mol. The molecule has 160 valence electrons. The van der Waals surface area contributed by atoms with Crippen molar-refractivity contribution in [1.82, 2.24) is 4.98 Å². The molecule has 7 heteroatoms. The summed E-state index contributed by atoms with van der Waals surface area (Å²) < 4.78 is 17.3. The monoisotopic (exact) mass is 436 g/mol. The quantitative estimate of drug-likeness (QED) is 0.393. The van der Waals surface area contributed by atoms with E-state index in [1.54, 1.807) is 25.4 Å². The lowest BCUT2D eigenvalue weighted by molar-refractivity contribution is -0.118. The molecular formula is C24H24N2O4S. The Labute approximate surface area is 185 Å². The molecule has 1 amide bonds. The van der Waals surface area contributed by atoms with Gasteiger partial charge in [-0.2, -0.15) is 0 Å². The smallest absolute Gasteiger partial charge is 0.233 e. The summed E-state index contributed by atoms with van der Waals surface area (Å²) in [4.78, 5) is 19.9. The normalized spacial score (nSPS) is 11.0. The molecule has 0 saturated carbocycles. The maximum absolute atomic E-state index is 13.5. The van der Waals surface area contributed by atoms with Crippen LogP contribution in [0.3, 0.4) is 0 Å². The summed E-state index contributed by atoms with van der Waals surface area (Å²) in [7, 11) is 3.22. The van der Waals surface area contributed by atoms with Crippen LogP contribution in [0.2, 0.25) is 0 Å². The van der Waals surface area contributed by atoms with E-state index in [0.717, 1.165) is 15.8 Å². The second kappa shape index (κ2) is 8.81. The number of nitrogens with zero attached hydrogens (tertiary/aromatic N) is 2. The van der Waals surface area contributed by atoms with Gasteiger partial charge in [0.15, 0.2) is 5.13 Å². The van der Waals surface area contributed by atoms with Crippen molar-refractivity contribution in [2.75, 3.05) is 19.1 Å². The van der Waals surface area contributed by atoms with E-state index in [-0.39, 0.29) is 12.3 Å². The van der Waals surface area contributed by atoms with Crippen LogP contribution < -0.4 is 14.4 Å². The Morgan fingerprint density at radius 1 is 1.10 bits per heavy atom. The van der Waals surface area contributed by atoms with Gasteiger partial charge in [-0.25, -0.2) is 4.98 Å². The number of ether oxygens (including phenoxy) is 2. The molecular weight excluding hydrogens is 412 g/mol. The number of aromatic nitrogens is 1. The van der Waals surface area contributed by atoms with E-state index in [0.29, 0.717) is 34.5 Å². The lowest BCUT2D eigenvalue weighted by atomic mass is 10.0. The highest BCUT2D eigenvalue weighted by Crippen LogP contribution is 2.40. The first-order valence-electron chi connectivity index (χ1n) is 9.90. The van der Waals surface area contributed by atoms with Crippen molar-refractivity contribution in [3.05, 3.63) is 71.2 Å². The summed E-state index contributed by atoms with van der Waals surface area (Å²) in [6.07, 6.45) is 1.88. The molecule has 0 spiro atoms. The molecule has 0 aliphatic heterocycles. The Hall–Kier alpha value is -3.32. The third-order valence-corrected chi connectivity index (χ3v) is 6.26. The third-order valence-electron chi connectivity index (χ3n) is 5.16. The first-order valence-corrected chi connectivity index (χ1v) is 10.7. The van der Waals surface area contributed by atoms with Crippen molar-refractivity contribution in [3.63, 3.8) is 0 Å². The molecule has 0 aliphatic rings. The van der Waals surface area contributed by atoms with Gasteiger partial charge in [-0.05, 0) is 49.2 Å². The Balaban J connectivity index is 1.75. The van der Waals surface area contributed by atoms with Crippen LogP contribution in [0.25, 0.3) is 10.2 Å². The largest absolute Gasteiger partial charge is 0.495 e. The number of rotatable bonds is 7. The Morgan fingerprint density at radius 2 is 1.87 bits per heavy atom. The van der Waals surface area contributed by atoms with Crippen LogP contribution in [0.1, 0.15) is 22.5 Å². The molecule has 0 N–H and O–H groups in total. The zero-order valence-corrected chi connectivity index (χ0v) is 18.8. The maximum Gasteiger partial charge on any atom is 0.233 e. The molecule has 2 aromatic carbocycles. The number of carbonyl (C=O) groups excluding carboxylic acids is 1. The molecule has 2 aromatic heterocycles. The summed E-state index contributed by atoms with van der Waals surface area (Å²) in [5, 5.41) is 0.573. The van der Waals surface area contributed by atoms with E-state index in [2.05, 4.69) is 6.07 Å². The second-order valence-electron chi connectivity index (χ2n) is 7.31. The van der Waals surface area contributed by atoms with Crippen LogP contribution in [0.4, 0.5) is 5.13 Å². The number of furan rings is 1. The van der Waals surface area contributed by atoms with E-state index >= 15 is 0 Å². The van der Waals surface area contributed by atoms with Gasteiger partial charge in [0, 0.05) is 0 Å². The number of benzene rings is 2. The highest BCUT2D eigenvalue weighted by Gasteiger charge is 2.24. The fraction of sp³-hybridized carbons (Fsp3) is 0.250. The number of fused-ring (bicyclic) bond motifs is 1. The van der Waals surface area contributed by atoms with Crippen molar-refractivity contribution in [2.45, 2.75) is 26.8 Å². The van der Waals surface area contributed by atoms with E-state index in [1.807, 2.05) is 50.2 Å². The highest BCUT2D eigenvalue weighted by molar-refractivity contribution is 7.22. The average Bonchev–Trinajstić information content (AvgIpc) is 3.43. The first-order chi connectivity index (χ1) is 15.0. The maximum atomic E-state index is 13.5. The van der Waals surface area contributed by atoms with Crippen LogP contribution in [0, 0.1) is 13.8 Å². The summed E-state index contributed by atoms with van der Waals surface area (Å²) in [5.74, 6) is 1.96. The molecule has 0 saturated heterocycles. The molecule has 31 heavy (non-hydrogen) atoms. The van der Waals surface area contributed by atoms with Gasteiger partial charge in [-0.1, -0.05) is 35.1 Å². The van der Waals surface area contributed by atoms with Crippen molar-refractivity contribution in [3.8, 4) is 11.5 Å². The van der Waals surface area contributed by atoms with Crippen LogP contribution in [0.5, 0.6) is 11.5 Å². The van der Waals surface area contributed by atoms with Crippen LogP contribution >= 0.6 is 11.3 Å². The van der Waals surface area contributed by atoms with Gasteiger partial charge in [-0.15, -0.1) is 0 Å². The summed E-state index contributed by atoms with van der Waals surface area (Å²) in [6, 6.07) is 13.5. The molecule has 6 nitrogen and oxygen atoms in total. The molecule has 4 rings (SSSR count). The topological polar surface area (TPSA) is 64.8 Å². The Morgan fingerprint density at radius 3 is 2.55 bits per heavy atom. The summed E-state index contributed by atoms with van der Waals surface area (Å²) >= 11 is 1.40. The van der Waals surface area contributed by atoms with Gasteiger partial charge >= 0.3 is 0 Å². The van der Waals surface area contributed by atoms with Gasteiger partial charge in [-0.3, -0.25) is 9.69 Å². The number of hydrogen-bond donors (Lipinski definition) is 0. The number of hydrogen-bond acceptors (Lipinski definition) is 6. The van der Waals surface area contributed by atoms with Gasteiger partial charge in [0.2, 0.25) is 5.91 Å². The Kier molecular flexibility index (Phi) is 5.95. The fourth-order valence-electron chi connectivity index (χ4n) is 3.51. The minimum Gasteiger partial charge on any atom is -0.495 e. The van der Waals surface area contributed by atoms with Crippen molar-refractivity contribution in [1.29, 1.82) is 0 Å². The molecule has 0 unspecified atom stereocenters. The van der Waals surface area contributed by atoms with Gasteiger partial charge < -0.3 is 13.9 Å². The van der Waals surface area contributed by atoms with Crippen molar-refractivity contribution >= 4 is 32.6 Å². The standard InChI is InChI=1S/C24H24N2O4S/c1-15-7-8-17(16(2)12-15)13-21(27)26(14-18-6-5-11-30-18)24-25-22-19(28-3)9-10-20(29-4)23(22)31-24/h5-12H,13-14H2,1-4H3. The molecule has 0 bridgehead atoms. The van der Waals surface area contributed by atoms with E-state index < -0.39 is 0 Å². The minimum atomic E-state index is -0.0552. The number of thiazole rings is 1. The summed E-state index contributed by atoms with van der Waals surface area (Å²) in [5.41, 5.74) is 3.94. The predicted molar refractivity (Wildman–Crippen MR) is 122 cm³/mol.